The number of non-ortho nitro benzene ring substituents is 1. The Labute approximate surface area is 209 Å². The molecule has 1 aromatic heterocycles. The third kappa shape index (κ3) is 5.76. The molecule has 1 amide bonds. The summed E-state index contributed by atoms with van der Waals surface area (Å²) in [4.78, 5) is 23.3. The van der Waals surface area contributed by atoms with Gasteiger partial charge in [-0.05, 0) is 42.3 Å². The summed E-state index contributed by atoms with van der Waals surface area (Å²) in [5.41, 5.74) is 5.19. The van der Waals surface area contributed by atoms with Crippen LogP contribution in [0.25, 0.3) is 10.1 Å². The summed E-state index contributed by atoms with van der Waals surface area (Å²) < 4.78 is 12.1. The number of nitrogens with one attached hydrogen (secondary N) is 1. The number of ether oxygens (including phenoxy) is 2. The quantitative estimate of drug-likeness (QED) is 0.175. The Morgan fingerprint density at radius 3 is 2.66 bits per heavy atom. The molecule has 8 nitrogen and oxygen atoms in total. The number of benzene rings is 3. The Kier molecular flexibility index (Phi) is 7.28. The van der Waals surface area contributed by atoms with E-state index >= 15 is 0 Å². The standard InChI is InChI=1S/C25H20ClN3O5S/c1-15-3-5-16(6-4-15)14-34-24-20(26)9-17(10-21(24)33-2)13-27-28-25(30)23-12-18-11-19(29(31)32)7-8-22(18)35-23/h3-13H,14H2,1-2H3,(H,28,30)/b27-13-. The number of methoxy groups -OCH3 is 1. The molecule has 0 aliphatic rings. The van der Waals surface area contributed by atoms with Crippen LogP contribution in [0.1, 0.15) is 26.4 Å². The number of nitro benzene ring substituents is 1. The summed E-state index contributed by atoms with van der Waals surface area (Å²) in [7, 11) is 1.51. The van der Waals surface area contributed by atoms with E-state index in [1.165, 1.54) is 36.8 Å². The van der Waals surface area contributed by atoms with E-state index in [1.807, 2.05) is 31.2 Å². The summed E-state index contributed by atoms with van der Waals surface area (Å²) in [6.07, 6.45) is 1.44. The van der Waals surface area contributed by atoms with Crippen molar-refractivity contribution in [3.63, 3.8) is 0 Å². The van der Waals surface area contributed by atoms with Crippen molar-refractivity contribution < 1.29 is 19.2 Å². The lowest BCUT2D eigenvalue weighted by Gasteiger charge is -2.13. The van der Waals surface area contributed by atoms with Gasteiger partial charge in [-0.25, -0.2) is 5.43 Å². The lowest BCUT2D eigenvalue weighted by atomic mass is 10.1. The third-order valence-electron chi connectivity index (χ3n) is 5.07. The second-order valence-corrected chi connectivity index (χ2v) is 9.09. The molecule has 0 aliphatic carbocycles. The van der Waals surface area contributed by atoms with Gasteiger partial charge in [0.15, 0.2) is 11.5 Å². The van der Waals surface area contributed by atoms with Crippen LogP contribution >= 0.6 is 22.9 Å². The van der Waals surface area contributed by atoms with Gasteiger partial charge >= 0.3 is 0 Å². The molecule has 0 spiro atoms. The Hall–Kier alpha value is -3.95. The zero-order valence-electron chi connectivity index (χ0n) is 18.8. The summed E-state index contributed by atoms with van der Waals surface area (Å²) >= 11 is 7.64. The number of fused-ring (bicyclic) bond motifs is 1. The number of hydrazone groups is 1. The first-order chi connectivity index (χ1) is 16.8. The lowest BCUT2D eigenvalue weighted by Crippen LogP contribution is -2.16. The lowest BCUT2D eigenvalue weighted by molar-refractivity contribution is -0.384. The molecule has 10 heteroatoms. The van der Waals surface area contributed by atoms with Crippen LogP contribution in [0.15, 0.2) is 65.8 Å². The van der Waals surface area contributed by atoms with Gasteiger partial charge in [-0.3, -0.25) is 14.9 Å². The fraction of sp³-hybridized carbons (Fsp3) is 0.120. The number of halogens is 1. The van der Waals surface area contributed by atoms with Crippen LogP contribution in [0.3, 0.4) is 0 Å². The average molecular weight is 510 g/mol. The number of carbonyl (C=O) groups is 1. The normalized spacial score (nSPS) is 11.1. The molecule has 178 valence electrons. The third-order valence-corrected chi connectivity index (χ3v) is 6.47. The molecule has 1 heterocycles. The van der Waals surface area contributed by atoms with Crippen molar-refractivity contribution in [2.75, 3.05) is 7.11 Å². The monoisotopic (exact) mass is 509 g/mol. The number of nitro groups is 1. The first-order valence-corrected chi connectivity index (χ1v) is 11.6. The number of nitrogens with zero attached hydrogens (tertiary/aromatic N) is 2. The summed E-state index contributed by atoms with van der Waals surface area (Å²) in [6, 6.07) is 17.4. The number of hydrogen-bond acceptors (Lipinski definition) is 7. The molecular weight excluding hydrogens is 490 g/mol. The molecule has 1 N–H and O–H groups in total. The second-order valence-electron chi connectivity index (χ2n) is 7.60. The fourth-order valence-electron chi connectivity index (χ4n) is 3.27. The van der Waals surface area contributed by atoms with E-state index in [0.717, 1.165) is 15.8 Å². The highest BCUT2D eigenvalue weighted by atomic mass is 35.5. The minimum absolute atomic E-state index is 0.0302. The van der Waals surface area contributed by atoms with Gasteiger partial charge in [-0.15, -0.1) is 11.3 Å². The van der Waals surface area contributed by atoms with E-state index < -0.39 is 10.8 Å². The minimum Gasteiger partial charge on any atom is -0.493 e. The second kappa shape index (κ2) is 10.5. The van der Waals surface area contributed by atoms with E-state index in [0.29, 0.717) is 39.0 Å². The van der Waals surface area contributed by atoms with Gasteiger partial charge in [0.05, 0.1) is 28.1 Å². The molecule has 35 heavy (non-hydrogen) atoms. The number of aryl methyl sites for hydroxylation is 1. The number of hydrogen-bond donors (Lipinski definition) is 1. The first kappa shape index (κ1) is 24.2. The molecule has 0 aliphatic heterocycles. The van der Waals surface area contributed by atoms with Gasteiger partial charge in [0.2, 0.25) is 0 Å². The maximum absolute atomic E-state index is 12.5. The predicted molar refractivity (Wildman–Crippen MR) is 137 cm³/mol. The maximum Gasteiger partial charge on any atom is 0.281 e. The van der Waals surface area contributed by atoms with Crippen molar-refractivity contribution >= 4 is 50.8 Å². The molecule has 0 saturated heterocycles. The summed E-state index contributed by atoms with van der Waals surface area (Å²) in [5, 5.41) is 15.9. The summed E-state index contributed by atoms with van der Waals surface area (Å²) in [5.74, 6) is 0.417. The SMILES string of the molecule is COc1cc(/C=N\NC(=O)c2cc3cc([N+](=O)[O-])ccc3s2)cc(Cl)c1OCc1ccc(C)cc1. The highest BCUT2D eigenvalue weighted by Gasteiger charge is 2.14. The van der Waals surface area contributed by atoms with Gasteiger partial charge in [-0.2, -0.15) is 5.10 Å². The van der Waals surface area contributed by atoms with Gasteiger partial charge in [0.1, 0.15) is 6.61 Å². The van der Waals surface area contributed by atoms with Gasteiger partial charge < -0.3 is 9.47 Å². The average Bonchev–Trinajstić information content (AvgIpc) is 3.27. The minimum atomic E-state index is -0.473. The highest BCUT2D eigenvalue weighted by molar-refractivity contribution is 7.20. The molecule has 4 rings (SSSR count). The van der Waals surface area contributed by atoms with Crippen LogP contribution in [0.2, 0.25) is 5.02 Å². The Morgan fingerprint density at radius 2 is 1.94 bits per heavy atom. The van der Waals surface area contributed by atoms with Crippen molar-refractivity contribution in [1.82, 2.24) is 5.43 Å². The van der Waals surface area contributed by atoms with Crippen LogP contribution in [0.5, 0.6) is 11.5 Å². The van der Waals surface area contributed by atoms with Crippen LogP contribution in [0.4, 0.5) is 5.69 Å². The van der Waals surface area contributed by atoms with Crippen LogP contribution < -0.4 is 14.9 Å². The van der Waals surface area contributed by atoms with E-state index in [4.69, 9.17) is 21.1 Å². The molecule has 0 atom stereocenters. The summed E-state index contributed by atoms with van der Waals surface area (Å²) in [6.45, 7) is 2.35. The Morgan fingerprint density at radius 1 is 1.17 bits per heavy atom. The van der Waals surface area contributed by atoms with Crippen molar-refractivity contribution in [3.8, 4) is 11.5 Å². The molecule has 0 unspecified atom stereocenters. The Bertz CT molecular complexity index is 1430. The van der Waals surface area contributed by atoms with Gasteiger partial charge in [0.25, 0.3) is 11.6 Å². The molecule has 0 fully saturated rings. The van der Waals surface area contributed by atoms with Crippen LogP contribution in [0, 0.1) is 17.0 Å². The van der Waals surface area contributed by atoms with Crippen molar-refractivity contribution in [2.45, 2.75) is 13.5 Å². The molecule has 3 aromatic carbocycles. The van der Waals surface area contributed by atoms with Crippen LogP contribution in [-0.4, -0.2) is 24.2 Å². The molecule has 0 bridgehead atoms. The highest BCUT2D eigenvalue weighted by Crippen LogP contribution is 2.36. The van der Waals surface area contributed by atoms with Crippen molar-refractivity contribution in [2.24, 2.45) is 5.10 Å². The van der Waals surface area contributed by atoms with Gasteiger partial charge in [-0.1, -0.05) is 41.4 Å². The first-order valence-electron chi connectivity index (χ1n) is 10.4. The van der Waals surface area contributed by atoms with E-state index in [2.05, 4.69) is 10.5 Å². The zero-order chi connectivity index (χ0) is 24.9. The fourth-order valence-corrected chi connectivity index (χ4v) is 4.48. The number of thiophene rings is 1. The van der Waals surface area contributed by atoms with Crippen LogP contribution in [-0.2, 0) is 6.61 Å². The molecule has 0 saturated carbocycles. The van der Waals surface area contributed by atoms with E-state index in [1.54, 1.807) is 24.3 Å². The topological polar surface area (TPSA) is 103 Å². The number of amides is 1. The molecular formula is C25H20ClN3O5S. The molecule has 4 aromatic rings. The smallest absolute Gasteiger partial charge is 0.281 e. The van der Waals surface area contributed by atoms with Crippen molar-refractivity contribution in [3.05, 3.63) is 97.4 Å². The Balaban J connectivity index is 1.44. The molecule has 0 radical (unpaired) electrons. The maximum atomic E-state index is 12.5. The zero-order valence-corrected chi connectivity index (χ0v) is 20.4. The number of rotatable bonds is 8. The van der Waals surface area contributed by atoms with Gasteiger partial charge in [0, 0.05) is 22.2 Å². The van der Waals surface area contributed by atoms with E-state index in [-0.39, 0.29) is 5.69 Å². The predicted octanol–water partition coefficient (Wildman–Crippen LogP) is 6.12. The largest absolute Gasteiger partial charge is 0.493 e. The number of carbonyl (C=O) groups excluding carboxylic acids is 1. The van der Waals surface area contributed by atoms with Crippen molar-refractivity contribution in [1.29, 1.82) is 0 Å². The van der Waals surface area contributed by atoms with E-state index in [9.17, 15) is 14.9 Å².